The van der Waals surface area contributed by atoms with E-state index in [2.05, 4.69) is 4.74 Å². The predicted molar refractivity (Wildman–Crippen MR) is 54.0 cm³/mol. The third-order valence-electron chi connectivity index (χ3n) is 1.61. The Morgan fingerprint density at radius 2 is 2.07 bits per heavy atom. The molecule has 0 radical (unpaired) electrons. The van der Waals surface area contributed by atoms with E-state index in [1.165, 1.54) is 7.11 Å². The topological polar surface area (TPSA) is 46.6 Å². The zero-order valence-corrected chi connectivity index (χ0v) is 9.90. The van der Waals surface area contributed by atoms with Gasteiger partial charge in [0.2, 0.25) is 10.0 Å². The van der Waals surface area contributed by atoms with E-state index in [4.69, 9.17) is 11.6 Å². The summed E-state index contributed by atoms with van der Waals surface area (Å²) in [4.78, 5) is 0. The molecule has 92 valence electrons. The number of nitrogens with zero attached hydrogens (tertiary/aromatic N) is 1. The lowest BCUT2D eigenvalue weighted by Crippen LogP contribution is -2.38. The maximum absolute atomic E-state index is 12.1. The summed E-state index contributed by atoms with van der Waals surface area (Å²) in [6, 6.07) is 0. The molecular formula is C7H14ClF2NO3S. The lowest BCUT2D eigenvalue weighted by molar-refractivity contribution is 0.121. The van der Waals surface area contributed by atoms with Crippen molar-refractivity contribution >= 4 is 21.6 Å². The summed E-state index contributed by atoms with van der Waals surface area (Å²) in [5.74, 6) is -0.327. The minimum absolute atomic E-state index is 0.0149. The molecule has 0 N–H and O–H groups in total. The second kappa shape index (κ2) is 7.32. The number of methoxy groups -OCH3 is 1. The zero-order chi connectivity index (χ0) is 11.9. The molecule has 0 amide bonds. The van der Waals surface area contributed by atoms with Crippen molar-refractivity contribution in [1.29, 1.82) is 0 Å². The van der Waals surface area contributed by atoms with Crippen molar-refractivity contribution in [3.05, 3.63) is 0 Å². The third kappa shape index (κ3) is 6.24. The van der Waals surface area contributed by atoms with Crippen molar-refractivity contribution in [2.75, 3.05) is 38.4 Å². The summed E-state index contributed by atoms with van der Waals surface area (Å²) in [6.07, 6.45) is -2.70. The third-order valence-corrected chi connectivity index (χ3v) is 3.58. The maximum Gasteiger partial charge on any atom is 0.252 e. The quantitative estimate of drug-likeness (QED) is 0.609. The molecule has 0 aliphatic rings. The molecule has 8 heteroatoms. The summed E-state index contributed by atoms with van der Waals surface area (Å²) in [5.41, 5.74) is 0. The van der Waals surface area contributed by atoms with Crippen LogP contribution in [-0.2, 0) is 14.8 Å². The molecule has 0 rings (SSSR count). The van der Waals surface area contributed by atoms with Gasteiger partial charge in [0, 0.05) is 19.5 Å². The zero-order valence-electron chi connectivity index (χ0n) is 8.33. The summed E-state index contributed by atoms with van der Waals surface area (Å²) < 4.78 is 52.4. The van der Waals surface area contributed by atoms with Gasteiger partial charge < -0.3 is 4.74 Å². The van der Waals surface area contributed by atoms with Crippen LogP contribution in [0.1, 0.15) is 0 Å². The second-order valence-electron chi connectivity index (χ2n) is 2.75. The normalized spacial score (nSPS) is 12.7. The summed E-state index contributed by atoms with van der Waals surface area (Å²) in [5, 5.41) is 0. The fraction of sp³-hybridized carbons (Fsp3) is 1.00. The molecule has 0 aliphatic carbocycles. The van der Waals surface area contributed by atoms with Gasteiger partial charge in [-0.3, -0.25) is 0 Å². The van der Waals surface area contributed by atoms with Crippen LogP contribution in [0.4, 0.5) is 8.78 Å². The first-order chi connectivity index (χ1) is 6.94. The Kier molecular flexibility index (Phi) is 7.33. The first-order valence-corrected chi connectivity index (χ1v) is 6.39. The molecule has 0 saturated carbocycles. The highest BCUT2D eigenvalue weighted by molar-refractivity contribution is 7.89. The van der Waals surface area contributed by atoms with Gasteiger partial charge in [0.05, 0.1) is 18.9 Å². The fourth-order valence-corrected chi connectivity index (χ4v) is 2.56. The van der Waals surface area contributed by atoms with Gasteiger partial charge in [-0.1, -0.05) is 0 Å². The van der Waals surface area contributed by atoms with Crippen molar-refractivity contribution in [2.24, 2.45) is 0 Å². The molecule has 4 nitrogen and oxygen atoms in total. The average molecular weight is 266 g/mol. The molecule has 0 spiro atoms. The molecule has 0 aromatic rings. The Balaban J connectivity index is 4.44. The highest BCUT2D eigenvalue weighted by Crippen LogP contribution is 2.06. The van der Waals surface area contributed by atoms with E-state index >= 15 is 0 Å². The predicted octanol–water partition coefficient (Wildman–Crippen LogP) is 0.769. The van der Waals surface area contributed by atoms with Crippen LogP contribution >= 0.6 is 11.6 Å². The summed E-state index contributed by atoms with van der Waals surface area (Å²) in [7, 11) is -2.36. The van der Waals surface area contributed by atoms with Crippen molar-refractivity contribution in [3.63, 3.8) is 0 Å². The molecule has 0 aromatic carbocycles. The van der Waals surface area contributed by atoms with E-state index in [1.54, 1.807) is 0 Å². The Labute approximate surface area is 93.2 Å². The van der Waals surface area contributed by atoms with Crippen molar-refractivity contribution < 1.29 is 21.9 Å². The van der Waals surface area contributed by atoms with E-state index in [-0.39, 0.29) is 24.8 Å². The minimum Gasteiger partial charge on any atom is -0.384 e. The molecule has 0 bridgehead atoms. The van der Waals surface area contributed by atoms with Gasteiger partial charge in [-0.15, -0.1) is 11.6 Å². The van der Waals surface area contributed by atoms with Crippen LogP contribution in [-0.4, -0.2) is 57.6 Å². The molecule has 15 heavy (non-hydrogen) atoms. The largest absolute Gasteiger partial charge is 0.384 e. The van der Waals surface area contributed by atoms with E-state index < -0.39 is 23.0 Å². The van der Waals surface area contributed by atoms with Crippen LogP contribution in [0.3, 0.4) is 0 Å². The Morgan fingerprint density at radius 1 is 1.47 bits per heavy atom. The van der Waals surface area contributed by atoms with Crippen molar-refractivity contribution in [2.45, 2.75) is 6.43 Å². The van der Waals surface area contributed by atoms with Crippen molar-refractivity contribution in [3.8, 4) is 0 Å². The van der Waals surface area contributed by atoms with Gasteiger partial charge in [0.1, 0.15) is 0 Å². The van der Waals surface area contributed by atoms with Gasteiger partial charge in [-0.05, 0) is 0 Å². The highest BCUT2D eigenvalue weighted by atomic mass is 35.5. The average Bonchev–Trinajstić information content (AvgIpc) is 2.13. The molecule has 0 heterocycles. The first kappa shape index (κ1) is 15.0. The number of hydrogen-bond acceptors (Lipinski definition) is 3. The van der Waals surface area contributed by atoms with Gasteiger partial charge in [-0.2, -0.15) is 4.31 Å². The molecule has 0 aromatic heterocycles. The molecule has 0 atom stereocenters. The van der Waals surface area contributed by atoms with Crippen LogP contribution in [0.5, 0.6) is 0 Å². The van der Waals surface area contributed by atoms with Gasteiger partial charge in [0.15, 0.2) is 0 Å². The van der Waals surface area contributed by atoms with E-state index in [1.807, 2.05) is 0 Å². The number of sulfonamides is 1. The Hall–Kier alpha value is 0.0200. The van der Waals surface area contributed by atoms with E-state index in [9.17, 15) is 17.2 Å². The Morgan fingerprint density at radius 3 is 2.47 bits per heavy atom. The first-order valence-electron chi connectivity index (χ1n) is 4.25. The van der Waals surface area contributed by atoms with Crippen LogP contribution in [0.2, 0.25) is 0 Å². The molecule has 0 unspecified atom stereocenters. The fourth-order valence-electron chi connectivity index (χ4n) is 0.910. The van der Waals surface area contributed by atoms with Crippen molar-refractivity contribution in [1.82, 2.24) is 4.31 Å². The van der Waals surface area contributed by atoms with Gasteiger partial charge in [0.25, 0.3) is 6.43 Å². The van der Waals surface area contributed by atoms with Crippen LogP contribution in [0.15, 0.2) is 0 Å². The smallest absolute Gasteiger partial charge is 0.252 e. The second-order valence-corrected chi connectivity index (χ2v) is 5.21. The van der Waals surface area contributed by atoms with Crippen LogP contribution in [0.25, 0.3) is 0 Å². The standard InChI is InChI=1S/C7H14ClF2NO3S/c1-14-4-5-15(12,13)11(3-2-8)6-7(9)10/h7H,2-6H2,1H3. The SMILES string of the molecule is COCCS(=O)(=O)N(CCCl)CC(F)F. The van der Waals surface area contributed by atoms with E-state index in [0.29, 0.717) is 4.31 Å². The lowest BCUT2D eigenvalue weighted by Gasteiger charge is -2.20. The van der Waals surface area contributed by atoms with Crippen LogP contribution < -0.4 is 0 Å². The van der Waals surface area contributed by atoms with Crippen LogP contribution in [0, 0.1) is 0 Å². The number of alkyl halides is 3. The molecular weight excluding hydrogens is 252 g/mol. The number of ether oxygens (including phenoxy) is 1. The Bertz CT molecular complexity index is 261. The minimum atomic E-state index is -3.70. The highest BCUT2D eigenvalue weighted by Gasteiger charge is 2.24. The lowest BCUT2D eigenvalue weighted by atomic mass is 10.6. The van der Waals surface area contributed by atoms with Gasteiger partial charge in [-0.25, -0.2) is 17.2 Å². The number of hydrogen-bond donors (Lipinski definition) is 0. The maximum atomic E-state index is 12.1. The molecule has 0 saturated heterocycles. The van der Waals surface area contributed by atoms with Gasteiger partial charge >= 0.3 is 0 Å². The summed E-state index contributed by atoms with van der Waals surface area (Å²) >= 11 is 5.34. The molecule has 0 aliphatic heterocycles. The monoisotopic (exact) mass is 265 g/mol. The number of rotatable bonds is 8. The number of halogens is 3. The summed E-state index contributed by atoms with van der Waals surface area (Å²) in [6.45, 7) is -0.957. The molecule has 0 fully saturated rings. The van der Waals surface area contributed by atoms with E-state index in [0.717, 1.165) is 0 Å².